The number of aromatic nitrogens is 4. The topological polar surface area (TPSA) is 63.2 Å². The number of benzene rings is 1. The zero-order chi connectivity index (χ0) is 16.0. The van der Waals surface area contributed by atoms with E-state index in [1.165, 1.54) is 0 Å². The summed E-state index contributed by atoms with van der Waals surface area (Å²) in [6.07, 6.45) is 0. The standard InChI is InChI=1S/C16H20N6O/c1-11-13-5-4-12(10-14(13)21(3)18-11)15-17-16(23-19-15)22-8-6-20(2)7-9-22/h4-5,10H,6-9H2,1-3H3. The van der Waals surface area contributed by atoms with Gasteiger partial charge in [0, 0.05) is 44.2 Å². The van der Waals surface area contributed by atoms with Crippen LogP contribution in [0.3, 0.4) is 0 Å². The number of hydrogen-bond acceptors (Lipinski definition) is 6. The number of hydrogen-bond donors (Lipinski definition) is 0. The molecule has 1 aliphatic heterocycles. The molecule has 7 heteroatoms. The number of nitrogens with zero attached hydrogens (tertiary/aromatic N) is 6. The minimum Gasteiger partial charge on any atom is -0.322 e. The molecule has 1 saturated heterocycles. The highest BCUT2D eigenvalue weighted by Crippen LogP contribution is 2.25. The Balaban J connectivity index is 1.65. The van der Waals surface area contributed by atoms with Gasteiger partial charge in [0.15, 0.2) is 0 Å². The first-order chi connectivity index (χ1) is 11.1. The molecule has 1 aromatic carbocycles. The summed E-state index contributed by atoms with van der Waals surface area (Å²) in [5.41, 5.74) is 3.05. The van der Waals surface area contributed by atoms with Gasteiger partial charge in [0.05, 0.1) is 11.2 Å². The van der Waals surface area contributed by atoms with E-state index in [9.17, 15) is 0 Å². The quantitative estimate of drug-likeness (QED) is 0.717. The molecule has 0 radical (unpaired) electrons. The maximum Gasteiger partial charge on any atom is 0.324 e. The first-order valence-electron chi connectivity index (χ1n) is 7.83. The molecule has 120 valence electrons. The van der Waals surface area contributed by atoms with Crippen molar-refractivity contribution < 1.29 is 4.52 Å². The molecule has 2 aromatic heterocycles. The largest absolute Gasteiger partial charge is 0.324 e. The van der Waals surface area contributed by atoms with Crippen LogP contribution in [0, 0.1) is 6.92 Å². The fourth-order valence-electron chi connectivity index (χ4n) is 3.04. The van der Waals surface area contributed by atoms with Crippen molar-refractivity contribution in [2.24, 2.45) is 7.05 Å². The van der Waals surface area contributed by atoms with E-state index in [0.29, 0.717) is 11.8 Å². The molecule has 0 saturated carbocycles. The summed E-state index contributed by atoms with van der Waals surface area (Å²) in [5.74, 6) is 0.625. The first-order valence-corrected chi connectivity index (χ1v) is 7.83. The molecular formula is C16H20N6O. The molecule has 7 nitrogen and oxygen atoms in total. The third-order valence-electron chi connectivity index (χ3n) is 4.48. The molecule has 4 rings (SSSR count). The van der Waals surface area contributed by atoms with Gasteiger partial charge in [0.25, 0.3) is 0 Å². The van der Waals surface area contributed by atoms with Crippen LogP contribution in [-0.2, 0) is 7.05 Å². The van der Waals surface area contributed by atoms with Crippen LogP contribution in [0.1, 0.15) is 5.69 Å². The lowest BCUT2D eigenvalue weighted by Gasteiger charge is -2.30. The number of anilines is 1. The molecule has 0 spiro atoms. The van der Waals surface area contributed by atoms with Gasteiger partial charge in [0.2, 0.25) is 5.82 Å². The molecular weight excluding hydrogens is 292 g/mol. The molecule has 0 unspecified atom stereocenters. The van der Waals surface area contributed by atoms with E-state index in [1.54, 1.807) is 0 Å². The fraction of sp³-hybridized carbons (Fsp3) is 0.438. The van der Waals surface area contributed by atoms with E-state index in [2.05, 4.69) is 44.2 Å². The molecule has 3 aromatic rings. The van der Waals surface area contributed by atoms with Gasteiger partial charge in [0.1, 0.15) is 0 Å². The molecule has 23 heavy (non-hydrogen) atoms. The second kappa shape index (κ2) is 5.34. The Morgan fingerprint density at radius 3 is 2.65 bits per heavy atom. The molecule has 1 aliphatic rings. The van der Waals surface area contributed by atoms with Crippen molar-refractivity contribution in [2.75, 3.05) is 38.1 Å². The lowest BCUT2D eigenvalue weighted by atomic mass is 10.1. The van der Waals surface area contributed by atoms with Crippen molar-refractivity contribution in [3.05, 3.63) is 23.9 Å². The zero-order valence-corrected chi connectivity index (χ0v) is 13.7. The molecule has 3 heterocycles. The Morgan fingerprint density at radius 2 is 1.87 bits per heavy atom. The van der Waals surface area contributed by atoms with Crippen molar-refractivity contribution in [1.82, 2.24) is 24.8 Å². The van der Waals surface area contributed by atoms with Gasteiger partial charge < -0.3 is 14.3 Å². The Labute approximate surface area is 134 Å². The van der Waals surface area contributed by atoms with Gasteiger partial charge >= 0.3 is 6.01 Å². The number of likely N-dealkylation sites (N-methyl/N-ethyl adjacent to an activating group) is 1. The van der Waals surface area contributed by atoms with Crippen LogP contribution >= 0.6 is 0 Å². The Morgan fingerprint density at radius 1 is 1.09 bits per heavy atom. The van der Waals surface area contributed by atoms with Crippen molar-refractivity contribution in [1.29, 1.82) is 0 Å². The molecule has 0 atom stereocenters. The maximum atomic E-state index is 5.47. The SMILES string of the molecule is Cc1nn(C)c2cc(-c3noc(N4CCN(C)CC4)n3)ccc12. The van der Waals surface area contributed by atoms with Gasteiger partial charge in [-0.15, -0.1) is 0 Å². The molecule has 0 aliphatic carbocycles. The van der Waals surface area contributed by atoms with Crippen LogP contribution in [0.5, 0.6) is 0 Å². The highest BCUT2D eigenvalue weighted by molar-refractivity contribution is 5.85. The van der Waals surface area contributed by atoms with E-state index in [-0.39, 0.29) is 0 Å². The summed E-state index contributed by atoms with van der Waals surface area (Å²) in [4.78, 5) is 9.01. The Kier molecular flexibility index (Phi) is 3.30. The number of fused-ring (bicyclic) bond motifs is 1. The first kappa shape index (κ1) is 14.2. The van der Waals surface area contributed by atoms with Gasteiger partial charge in [-0.1, -0.05) is 17.3 Å². The maximum absolute atomic E-state index is 5.47. The van der Waals surface area contributed by atoms with Crippen molar-refractivity contribution in [2.45, 2.75) is 6.92 Å². The monoisotopic (exact) mass is 312 g/mol. The number of rotatable bonds is 2. The molecule has 0 bridgehead atoms. The number of piperazine rings is 1. The van der Waals surface area contributed by atoms with Crippen LogP contribution in [-0.4, -0.2) is 58.0 Å². The summed E-state index contributed by atoms with van der Waals surface area (Å²) in [5, 5.41) is 9.76. The summed E-state index contributed by atoms with van der Waals surface area (Å²) in [7, 11) is 4.08. The predicted octanol–water partition coefficient (Wildman–Crippen LogP) is 1.68. The second-order valence-corrected chi connectivity index (χ2v) is 6.13. The third kappa shape index (κ3) is 2.46. The summed E-state index contributed by atoms with van der Waals surface area (Å²) in [6, 6.07) is 6.76. The fourth-order valence-corrected chi connectivity index (χ4v) is 3.04. The summed E-state index contributed by atoms with van der Waals surface area (Å²) in [6.45, 7) is 5.87. The normalized spacial score (nSPS) is 16.4. The summed E-state index contributed by atoms with van der Waals surface area (Å²) >= 11 is 0. The Bertz CT molecular complexity index is 843. The lowest BCUT2D eigenvalue weighted by molar-refractivity contribution is 0.298. The predicted molar refractivity (Wildman–Crippen MR) is 88.5 cm³/mol. The van der Waals surface area contributed by atoms with E-state index in [4.69, 9.17) is 4.52 Å². The zero-order valence-electron chi connectivity index (χ0n) is 13.7. The van der Waals surface area contributed by atoms with Crippen molar-refractivity contribution >= 4 is 16.9 Å². The third-order valence-corrected chi connectivity index (χ3v) is 4.48. The average molecular weight is 312 g/mol. The van der Waals surface area contributed by atoms with E-state index < -0.39 is 0 Å². The Hall–Kier alpha value is -2.41. The van der Waals surface area contributed by atoms with Crippen LogP contribution in [0.2, 0.25) is 0 Å². The average Bonchev–Trinajstić information content (AvgIpc) is 3.14. The van der Waals surface area contributed by atoms with E-state index in [1.807, 2.05) is 24.7 Å². The van der Waals surface area contributed by atoms with E-state index in [0.717, 1.165) is 48.3 Å². The molecule has 0 amide bonds. The minimum atomic E-state index is 0.606. The van der Waals surface area contributed by atoms with Crippen LogP contribution in [0.15, 0.2) is 22.7 Å². The van der Waals surface area contributed by atoms with Crippen molar-refractivity contribution in [3.8, 4) is 11.4 Å². The van der Waals surface area contributed by atoms with Gasteiger partial charge in [-0.2, -0.15) is 10.1 Å². The second-order valence-electron chi connectivity index (χ2n) is 6.13. The highest BCUT2D eigenvalue weighted by atomic mass is 16.5. The number of aryl methyl sites for hydroxylation is 2. The van der Waals surface area contributed by atoms with E-state index >= 15 is 0 Å². The van der Waals surface area contributed by atoms with Crippen LogP contribution in [0.25, 0.3) is 22.3 Å². The summed E-state index contributed by atoms with van der Waals surface area (Å²) < 4.78 is 7.35. The molecule has 1 fully saturated rings. The lowest BCUT2D eigenvalue weighted by Crippen LogP contribution is -2.44. The highest BCUT2D eigenvalue weighted by Gasteiger charge is 2.20. The van der Waals surface area contributed by atoms with Gasteiger partial charge in [-0.05, 0) is 20.0 Å². The van der Waals surface area contributed by atoms with Gasteiger partial charge in [-0.25, -0.2) is 0 Å². The van der Waals surface area contributed by atoms with Crippen LogP contribution in [0.4, 0.5) is 6.01 Å². The minimum absolute atomic E-state index is 0.606. The smallest absolute Gasteiger partial charge is 0.322 e. The van der Waals surface area contributed by atoms with Gasteiger partial charge in [-0.3, -0.25) is 4.68 Å². The molecule has 0 N–H and O–H groups in total. The van der Waals surface area contributed by atoms with Crippen LogP contribution < -0.4 is 4.90 Å². The van der Waals surface area contributed by atoms with Crippen molar-refractivity contribution in [3.63, 3.8) is 0 Å².